The third kappa shape index (κ3) is 3.56. The van der Waals surface area contributed by atoms with Crippen LogP contribution < -0.4 is 10.9 Å². The number of pyridine rings is 1. The molecule has 1 aliphatic rings. The lowest BCUT2D eigenvalue weighted by atomic mass is 10.2. The zero-order chi connectivity index (χ0) is 13.8. The standard InChI is InChI=1S/C13H17FN2O3/c1-2-3-6-19-13(18)9-7-10(14)12(17)16-11(9)15-8-4-5-8/h7-8H,2-6H2,1H3,(H2,15,16,17). The average molecular weight is 268 g/mol. The van der Waals surface area contributed by atoms with Crippen molar-refractivity contribution in [2.45, 2.75) is 38.6 Å². The highest BCUT2D eigenvalue weighted by Gasteiger charge is 2.25. The van der Waals surface area contributed by atoms with Crippen LogP contribution in [0.4, 0.5) is 10.2 Å². The number of hydrogen-bond acceptors (Lipinski definition) is 4. The summed E-state index contributed by atoms with van der Waals surface area (Å²) in [4.78, 5) is 25.5. The van der Waals surface area contributed by atoms with E-state index in [9.17, 15) is 14.0 Å². The van der Waals surface area contributed by atoms with Crippen LogP contribution in [0.3, 0.4) is 0 Å². The maximum absolute atomic E-state index is 13.3. The molecular weight excluding hydrogens is 251 g/mol. The molecule has 5 nitrogen and oxygen atoms in total. The number of anilines is 1. The van der Waals surface area contributed by atoms with E-state index in [2.05, 4.69) is 10.3 Å². The molecular formula is C13H17FN2O3. The third-order valence-electron chi connectivity index (χ3n) is 2.87. The lowest BCUT2D eigenvalue weighted by Crippen LogP contribution is -2.20. The SMILES string of the molecule is CCCCOC(=O)c1cc(F)c(=O)[nH]c1NC1CC1. The zero-order valence-electron chi connectivity index (χ0n) is 10.8. The molecule has 0 atom stereocenters. The maximum atomic E-state index is 13.3. The summed E-state index contributed by atoms with van der Waals surface area (Å²) in [6.07, 6.45) is 3.61. The van der Waals surface area contributed by atoms with Crippen LogP contribution in [0.15, 0.2) is 10.9 Å². The predicted octanol–water partition coefficient (Wildman–Crippen LogP) is 2.05. The minimum Gasteiger partial charge on any atom is -0.462 e. The van der Waals surface area contributed by atoms with E-state index in [1.54, 1.807) is 0 Å². The number of aromatic nitrogens is 1. The van der Waals surface area contributed by atoms with Crippen molar-refractivity contribution >= 4 is 11.8 Å². The Bertz CT molecular complexity index is 523. The van der Waals surface area contributed by atoms with Gasteiger partial charge in [-0.15, -0.1) is 0 Å². The molecule has 1 heterocycles. The smallest absolute Gasteiger partial charge is 0.341 e. The summed E-state index contributed by atoms with van der Waals surface area (Å²) in [6.45, 7) is 2.27. The average Bonchev–Trinajstić information content (AvgIpc) is 3.17. The second-order valence-electron chi connectivity index (χ2n) is 4.64. The molecule has 0 aromatic carbocycles. The maximum Gasteiger partial charge on any atom is 0.341 e. The molecule has 0 radical (unpaired) electrons. The van der Waals surface area contributed by atoms with E-state index in [-0.39, 0.29) is 17.4 Å². The summed E-state index contributed by atoms with van der Waals surface area (Å²) in [5.74, 6) is -1.36. The van der Waals surface area contributed by atoms with Crippen LogP contribution >= 0.6 is 0 Å². The van der Waals surface area contributed by atoms with Crippen LogP contribution in [0.2, 0.25) is 0 Å². The molecule has 19 heavy (non-hydrogen) atoms. The number of ether oxygens (including phenoxy) is 1. The van der Waals surface area contributed by atoms with Crippen LogP contribution in [0.25, 0.3) is 0 Å². The molecule has 0 saturated heterocycles. The highest BCUT2D eigenvalue weighted by atomic mass is 19.1. The quantitative estimate of drug-likeness (QED) is 0.612. The van der Waals surface area contributed by atoms with Crippen molar-refractivity contribution in [2.24, 2.45) is 0 Å². The number of halogens is 1. The number of esters is 1. The molecule has 6 heteroatoms. The first-order valence-corrected chi connectivity index (χ1v) is 6.48. The van der Waals surface area contributed by atoms with E-state index in [4.69, 9.17) is 4.74 Å². The van der Waals surface area contributed by atoms with Crippen molar-refractivity contribution in [3.05, 3.63) is 27.8 Å². The largest absolute Gasteiger partial charge is 0.462 e. The Kier molecular flexibility index (Phi) is 4.19. The van der Waals surface area contributed by atoms with Gasteiger partial charge in [0.2, 0.25) is 0 Å². The molecule has 0 aliphatic heterocycles. The number of unbranched alkanes of at least 4 members (excludes halogenated alkanes) is 1. The summed E-state index contributed by atoms with van der Waals surface area (Å²) in [7, 11) is 0. The first kappa shape index (κ1) is 13.6. The van der Waals surface area contributed by atoms with Gasteiger partial charge in [-0.25, -0.2) is 9.18 Å². The minimum atomic E-state index is -0.983. The second-order valence-corrected chi connectivity index (χ2v) is 4.64. The first-order chi connectivity index (χ1) is 9.11. The summed E-state index contributed by atoms with van der Waals surface area (Å²) in [5.41, 5.74) is -0.798. The fourth-order valence-corrected chi connectivity index (χ4v) is 1.60. The monoisotopic (exact) mass is 268 g/mol. The molecule has 1 aromatic rings. The van der Waals surface area contributed by atoms with Crippen molar-refractivity contribution in [3.8, 4) is 0 Å². The topological polar surface area (TPSA) is 71.2 Å². The Morgan fingerprint density at radius 3 is 2.95 bits per heavy atom. The minimum absolute atomic E-state index is 0.0418. The number of nitrogens with one attached hydrogen (secondary N) is 2. The van der Waals surface area contributed by atoms with E-state index in [1.807, 2.05) is 6.92 Å². The molecule has 1 aliphatic carbocycles. The van der Waals surface area contributed by atoms with Crippen molar-refractivity contribution < 1.29 is 13.9 Å². The number of aromatic amines is 1. The van der Waals surface area contributed by atoms with Gasteiger partial charge in [-0.05, 0) is 25.3 Å². The van der Waals surface area contributed by atoms with Gasteiger partial charge >= 0.3 is 5.97 Å². The van der Waals surface area contributed by atoms with Gasteiger partial charge in [0.05, 0.1) is 6.61 Å². The van der Waals surface area contributed by atoms with Crippen molar-refractivity contribution in [1.82, 2.24) is 4.98 Å². The summed E-state index contributed by atoms with van der Waals surface area (Å²) in [6, 6.07) is 1.17. The summed E-state index contributed by atoms with van der Waals surface area (Å²) < 4.78 is 18.3. The molecule has 0 amide bonds. The highest BCUT2D eigenvalue weighted by Crippen LogP contribution is 2.25. The van der Waals surface area contributed by atoms with Gasteiger partial charge < -0.3 is 15.0 Å². The van der Waals surface area contributed by atoms with Crippen LogP contribution in [0.5, 0.6) is 0 Å². The lowest BCUT2D eigenvalue weighted by Gasteiger charge is -2.10. The molecule has 2 N–H and O–H groups in total. The molecule has 2 rings (SSSR count). The van der Waals surface area contributed by atoms with Crippen molar-refractivity contribution in [3.63, 3.8) is 0 Å². The molecule has 0 spiro atoms. The van der Waals surface area contributed by atoms with Gasteiger partial charge in [-0.3, -0.25) is 4.79 Å². The Morgan fingerprint density at radius 2 is 2.32 bits per heavy atom. The van der Waals surface area contributed by atoms with E-state index in [1.165, 1.54) is 0 Å². The van der Waals surface area contributed by atoms with Crippen molar-refractivity contribution in [1.29, 1.82) is 0 Å². The summed E-state index contributed by atoms with van der Waals surface area (Å²) in [5, 5.41) is 3.00. The molecule has 104 valence electrons. The molecule has 0 bridgehead atoms. The molecule has 1 fully saturated rings. The van der Waals surface area contributed by atoms with E-state index in [0.29, 0.717) is 6.61 Å². The number of H-pyrrole nitrogens is 1. The molecule has 1 saturated carbocycles. The number of carbonyl (C=O) groups is 1. The normalized spacial score (nSPS) is 14.2. The van der Waals surface area contributed by atoms with Crippen LogP contribution in [-0.4, -0.2) is 23.6 Å². The number of rotatable bonds is 6. The van der Waals surface area contributed by atoms with Gasteiger partial charge in [-0.1, -0.05) is 13.3 Å². The Labute approximate surface area is 110 Å². The fraction of sp³-hybridized carbons (Fsp3) is 0.538. The third-order valence-corrected chi connectivity index (χ3v) is 2.87. The van der Waals surface area contributed by atoms with E-state index < -0.39 is 17.3 Å². The van der Waals surface area contributed by atoms with Gasteiger partial charge in [0.1, 0.15) is 11.4 Å². The van der Waals surface area contributed by atoms with Crippen LogP contribution in [0, 0.1) is 5.82 Å². The number of carbonyl (C=O) groups excluding carboxylic acids is 1. The van der Waals surface area contributed by atoms with Crippen LogP contribution in [0.1, 0.15) is 43.0 Å². The molecule has 1 aromatic heterocycles. The first-order valence-electron chi connectivity index (χ1n) is 6.48. The predicted molar refractivity (Wildman–Crippen MR) is 68.9 cm³/mol. The zero-order valence-corrected chi connectivity index (χ0v) is 10.8. The highest BCUT2D eigenvalue weighted by molar-refractivity contribution is 5.94. The van der Waals surface area contributed by atoms with E-state index in [0.717, 1.165) is 31.7 Å². The Morgan fingerprint density at radius 1 is 1.58 bits per heavy atom. The van der Waals surface area contributed by atoms with Gasteiger partial charge in [0.25, 0.3) is 5.56 Å². The van der Waals surface area contributed by atoms with Gasteiger partial charge in [-0.2, -0.15) is 0 Å². The number of hydrogen-bond donors (Lipinski definition) is 2. The van der Waals surface area contributed by atoms with Gasteiger partial charge in [0.15, 0.2) is 5.82 Å². The van der Waals surface area contributed by atoms with Crippen LogP contribution in [-0.2, 0) is 4.74 Å². The Balaban J connectivity index is 2.18. The Hall–Kier alpha value is -1.85. The lowest BCUT2D eigenvalue weighted by molar-refractivity contribution is 0.0500. The second kappa shape index (κ2) is 5.86. The van der Waals surface area contributed by atoms with E-state index >= 15 is 0 Å². The fourth-order valence-electron chi connectivity index (χ4n) is 1.60. The molecule has 0 unspecified atom stereocenters. The van der Waals surface area contributed by atoms with Gasteiger partial charge in [0, 0.05) is 6.04 Å². The van der Waals surface area contributed by atoms with Crippen molar-refractivity contribution in [2.75, 3.05) is 11.9 Å². The summed E-state index contributed by atoms with van der Waals surface area (Å²) >= 11 is 0.